The van der Waals surface area contributed by atoms with Crippen molar-refractivity contribution in [3.05, 3.63) is 33.3 Å². The first-order chi connectivity index (χ1) is 9.04. The summed E-state index contributed by atoms with van der Waals surface area (Å²) in [5, 5.41) is 3.55. The molecule has 0 aromatic heterocycles. The lowest BCUT2D eigenvalue weighted by atomic mass is 9.84. The molecular formula is C17H28BrN. The number of hydrogen-bond acceptors (Lipinski definition) is 1. The van der Waals surface area contributed by atoms with Gasteiger partial charge in [-0.3, -0.25) is 0 Å². The average Bonchev–Trinajstić information content (AvgIpc) is 2.39. The van der Waals surface area contributed by atoms with Gasteiger partial charge in [-0.05, 0) is 56.0 Å². The lowest BCUT2D eigenvalue weighted by Crippen LogP contribution is -2.26. The fraction of sp³-hybridized carbons (Fsp3) is 0.647. The number of benzene rings is 1. The van der Waals surface area contributed by atoms with Crippen LogP contribution in [0.2, 0.25) is 0 Å². The molecule has 0 fully saturated rings. The van der Waals surface area contributed by atoms with Gasteiger partial charge >= 0.3 is 0 Å². The van der Waals surface area contributed by atoms with Crippen LogP contribution in [-0.4, -0.2) is 7.05 Å². The monoisotopic (exact) mass is 325 g/mol. The highest BCUT2D eigenvalue weighted by atomic mass is 79.9. The molecule has 1 aromatic carbocycles. The Kier molecular flexibility index (Phi) is 7.09. The molecule has 19 heavy (non-hydrogen) atoms. The van der Waals surface area contributed by atoms with Gasteiger partial charge in [-0.25, -0.2) is 0 Å². The summed E-state index contributed by atoms with van der Waals surface area (Å²) in [6, 6.07) is 5.07. The third-order valence-corrected chi connectivity index (χ3v) is 4.97. The number of hydrogen-bond donors (Lipinski definition) is 1. The maximum Gasteiger partial charge on any atom is 0.0348 e. The molecule has 0 saturated carbocycles. The third-order valence-electron chi connectivity index (χ3n) is 4.12. The molecule has 0 bridgehead atoms. The summed E-state index contributed by atoms with van der Waals surface area (Å²) in [7, 11) is 2.09. The minimum atomic E-state index is 0.475. The van der Waals surface area contributed by atoms with Crippen LogP contribution >= 0.6 is 15.9 Å². The Labute approximate surface area is 127 Å². The van der Waals surface area contributed by atoms with E-state index in [0.717, 1.165) is 5.92 Å². The number of rotatable bonds is 7. The Morgan fingerprint density at radius 3 is 2.37 bits per heavy atom. The topological polar surface area (TPSA) is 12.0 Å². The van der Waals surface area contributed by atoms with E-state index in [1.807, 2.05) is 0 Å². The van der Waals surface area contributed by atoms with Crippen molar-refractivity contribution in [3.8, 4) is 0 Å². The molecule has 1 nitrogen and oxygen atoms in total. The Morgan fingerprint density at radius 2 is 1.84 bits per heavy atom. The lowest BCUT2D eigenvalue weighted by molar-refractivity contribution is 0.338. The van der Waals surface area contributed by atoms with E-state index in [9.17, 15) is 0 Å². The third kappa shape index (κ3) is 4.32. The minimum absolute atomic E-state index is 0.475. The van der Waals surface area contributed by atoms with Gasteiger partial charge in [-0.15, -0.1) is 0 Å². The van der Waals surface area contributed by atoms with Crippen LogP contribution in [0.15, 0.2) is 16.6 Å². The summed E-state index contributed by atoms with van der Waals surface area (Å²) in [4.78, 5) is 0. The van der Waals surface area contributed by atoms with Gasteiger partial charge in [0.2, 0.25) is 0 Å². The number of unbranched alkanes of at least 4 members (excludes halogenated alkanes) is 1. The summed E-state index contributed by atoms with van der Waals surface area (Å²) in [6.07, 6.45) is 5.16. The van der Waals surface area contributed by atoms with Gasteiger partial charge in [0.25, 0.3) is 0 Å². The largest absolute Gasteiger partial charge is 0.313 e. The Balaban J connectivity index is 3.04. The summed E-state index contributed by atoms with van der Waals surface area (Å²) >= 11 is 3.63. The zero-order chi connectivity index (χ0) is 14.4. The predicted octanol–water partition coefficient (Wildman–Crippen LogP) is 5.54. The summed E-state index contributed by atoms with van der Waals surface area (Å²) < 4.78 is 1.21. The Hall–Kier alpha value is -0.340. The van der Waals surface area contributed by atoms with Crippen molar-refractivity contribution in [1.29, 1.82) is 0 Å². The van der Waals surface area contributed by atoms with Crippen LogP contribution in [0.25, 0.3) is 0 Å². The first-order valence-corrected chi connectivity index (χ1v) is 8.28. The lowest BCUT2D eigenvalue weighted by Gasteiger charge is -2.28. The molecule has 1 rings (SSSR count). The van der Waals surface area contributed by atoms with Gasteiger partial charge in [0.05, 0.1) is 0 Å². The second kappa shape index (κ2) is 8.06. The zero-order valence-electron chi connectivity index (χ0n) is 13.0. The number of halogens is 1. The molecular weight excluding hydrogens is 298 g/mol. The van der Waals surface area contributed by atoms with E-state index in [4.69, 9.17) is 0 Å². The van der Waals surface area contributed by atoms with Crippen molar-refractivity contribution in [1.82, 2.24) is 5.32 Å². The second-order valence-corrected chi connectivity index (χ2v) is 6.39. The SMILES string of the molecule is CCCCC(CC)C(NC)c1cc(C)c(Br)cc1C. The highest BCUT2D eigenvalue weighted by Crippen LogP contribution is 2.33. The normalized spacial score (nSPS) is 14.4. The van der Waals surface area contributed by atoms with Crippen LogP contribution in [0.5, 0.6) is 0 Å². The van der Waals surface area contributed by atoms with Gasteiger partial charge in [-0.2, -0.15) is 0 Å². The molecule has 0 spiro atoms. The predicted molar refractivity (Wildman–Crippen MR) is 88.7 cm³/mol. The van der Waals surface area contributed by atoms with Crippen LogP contribution in [-0.2, 0) is 0 Å². The molecule has 0 radical (unpaired) electrons. The number of aryl methyl sites for hydroxylation is 2. The van der Waals surface area contributed by atoms with E-state index in [1.165, 1.54) is 46.8 Å². The smallest absolute Gasteiger partial charge is 0.0348 e. The van der Waals surface area contributed by atoms with E-state index in [2.05, 4.69) is 68.1 Å². The molecule has 0 heterocycles. The fourth-order valence-corrected chi connectivity index (χ4v) is 3.31. The van der Waals surface area contributed by atoms with Crippen molar-refractivity contribution in [2.24, 2.45) is 5.92 Å². The molecule has 0 saturated heterocycles. The first-order valence-electron chi connectivity index (χ1n) is 7.49. The van der Waals surface area contributed by atoms with Crippen LogP contribution in [0, 0.1) is 19.8 Å². The van der Waals surface area contributed by atoms with Gasteiger partial charge in [0.15, 0.2) is 0 Å². The second-order valence-electron chi connectivity index (χ2n) is 5.53. The fourth-order valence-electron chi connectivity index (χ4n) is 2.86. The molecule has 2 atom stereocenters. The van der Waals surface area contributed by atoms with Crippen molar-refractivity contribution in [2.75, 3.05) is 7.05 Å². The minimum Gasteiger partial charge on any atom is -0.313 e. The van der Waals surface area contributed by atoms with Crippen molar-refractivity contribution in [2.45, 2.75) is 59.4 Å². The Morgan fingerprint density at radius 1 is 1.16 bits per heavy atom. The highest BCUT2D eigenvalue weighted by Gasteiger charge is 2.21. The summed E-state index contributed by atoms with van der Waals surface area (Å²) in [5.74, 6) is 0.726. The average molecular weight is 326 g/mol. The van der Waals surface area contributed by atoms with E-state index in [1.54, 1.807) is 0 Å². The molecule has 0 aliphatic heterocycles. The molecule has 0 aliphatic carbocycles. The van der Waals surface area contributed by atoms with Crippen molar-refractivity contribution >= 4 is 15.9 Å². The van der Waals surface area contributed by atoms with E-state index >= 15 is 0 Å². The van der Waals surface area contributed by atoms with Crippen LogP contribution in [0.3, 0.4) is 0 Å². The first kappa shape index (κ1) is 16.7. The standard InChI is InChI=1S/C17H28BrN/c1-6-8-9-14(7-2)17(19-5)15-10-13(4)16(18)11-12(15)3/h10-11,14,17,19H,6-9H2,1-5H3. The maximum absolute atomic E-state index is 3.63. The molecule has 2 unspecified atom stereocenters. The van der Waals surface area contributed by atoms with Crippen LogP contribution < -0.4 is 5.32 Å². The van der Waals surface area contributed by atoms with Gasteiger partial charge < -0.3 is 5.32 Å². The molecule has 1 aromatic rings. The molecule has 0 amide bonds. The summed E-state index contributed by atoms with van der Waals surface area (Å²) in [5.41, 5.74) is 4.17. The molecule has 108 valence electrons. The highest BCUT2D eigenvalue weighted by molar-refractivity contribution is 9.10. The van der Waals surface area contributed by atoms with E-state index < -0.39 is 0 Å². The molecule has 2 heteroatoms. The van der Waals surface area contributed by atoms with Crippen LogP contribution in [0.1, 0.15) is 62.3 Å². The van der Waals surface area contributed by atoms with Gasteiger partial charge in [-0.1, -0.05) is 55.1 Å². The van der Waals surface area contributed by atoms with Crippen LogP contribution in [0.4, 0.5) is 0 Å². The van der Waals surface area contributed by atoms with Crippen molar-refractivity contribution < 1.29 is 0 Å². The maximum atomic E-state index is 3.63. The molecule has 0 aliphatic rings. The quantitative estimate of drug-likeness (QED) is 0.693. The van der Waals surface area contributed by atoms with E-state index in [0.29, 0.717) is 6.04 Å². The number of nitrogens with one attached hydrogen (secondary N) is 1. The summed E-state index contributed by atoms with van der Waals surface area (Å²) in [6.45, 7) is 8.98. The zero-order valence-corrected chi connectivity index (χ0v) is 14.6. The molecule has 1 N–H and O–H groups in total. The van der Waals surface area contributed by atoms with Gasteiger partial charge in [0, 0.05) is 10.5 Å². The van der Waals surface area contributed by atoms with E-state index in [-0.39, 0.29) is 0 Å². The van der Waals surface area contributed by atoms with Crippen molar-refractivity contribution in [3.63, 3.8) is 0 Å². The Bertz CT molecular complexity index is 400. The van der Waals surface area contributed by atoms with Gasteiger partial charge in [0.1, 0.15) is 0 Å².